The predicted octanol–water partition coefficient (Wildman–Crippen LogP) is 14.9. The van der Waals surface area contributed by atoms with E-state index in [2.05, 4.69) is 78.0 Å². The van der Waals surface area contributed by atoms with Crippen LogP contribution >= 0.6 is 0 Å². The molecule has 0 bridgehead atoms. The number of carbonyl (C=O) groups is 9. The van der Waals surface area contributed by atoms with Crippen molar-refractivity contribution in [1.29, 1.82) is 0 Å². The van der Waals surface area contributed by atoms with Crippen LogP contribution in [0.2, 0.25) is 0 Å². The first-order valence-corrected chi connectivity index (χ1v) is 43.3. The summed E-state index contributed by atoms with van der Waals surface area (Å²) in [6.07, 6.45) is 20.2. The van der Waals surface area contributed by atoms with Crippen molar-refractivity contribution >= 4 is 53.0 Å². The van der Waals surface area contributed by atoms with Gasteiger partial charge in [-0.05, 0) is 122 Å². The second-order valence-corrected chi connectivity index (χ2v) is 32.5. The SMILES string of the molecule is CCC(=O)CNC(=O)C[C@H](CCC1CCCCC1)NC(=O)c1cc(-c2c(OC)cccc2OC)n(CC(C)CC)n1.CCC(=O)CNC(=O)C[C@H](CCC1CCCCC1)NC(=O)c1cc(-c2c(OC)cccc2OC)n(CC(CC)CC)n1.COC(=O)CNC(=O)C[C@H](CC(C)C)N(C)C(=O)c1cc(-c2c(OC)cccc2OC)n(CC(C)C)n1. The van der Waals surface area contributed by atoms with E-state index < -0.39 is 5.97 Å². The van der Waals surface area contributed by atoms with Crippen LogP contribution in [0, 0.1) is 35.5 Å². The van der Waals surface area contributed by atoms with Crippen LogP contribution in [0.25, 0.3) is 33.8 Å². The highest BCUT2D eigenvalue weighted by Crippen LogP contribution is 2.43. The van der Waals surface area contributed by atoms with E-state index in [1.807, 2.05) is 77.8 Å². The fourth-order valence-electron chi connectivity index (χ4n) is 15.3. The normalized spacial score (nSPS) is 13.9. The molecule has 120 heavy (non-hydrogen) atoms. The molecule has 0 aliphatic heterocycles. The molecule has 3 aromatic carbocycles. The van der Waals surface area contributed by atoms with E-state index in [1.165, 1.54) is 71.3 Å². The largest absolute Gasteiger partial charge is 0.496 e. The molecule has 2 aliphatic rings. The van der Waals surface area contributed by atoms with E-state index in [1.54, 1.807) is 91.3 Å². The van der Waals surface area contributed by atoms with E-state index in [9.17, 15) is 43.2 Å². The third kappa shape index (κ3) is 30.5. The molecule has 28 heteroatoms. The number of nitrogens with one attached hydrogen (secondary N) is 5. The monoisotopic (exact) mass is 1670 g/mol. The molecule has 8 rings (SSSR count). The summed E-state index contributed by atoms with van der Waals surface area (Å²) in [4.78, 5) is 115. The van der Waals surface area contributed by atoms with Crippen molar-refractivity contribution in [3.8, 4) is 68.3 Å². The molecule has 2 aliphatic carbocycles. The summed E-state index contributed by atoms with van der Waals surface area (Å²) in [5, 5.41) is 28.4. The molecule has 6 aromatic rings. The molecule has 6 amide bonds. The first kappa shape index (κ1) is 98.5. The Balaban J connectivity index is 0.000000280. The van der Waals surface area contributed by atoms with Crippen molar-refractivity contribution in [2.24, 2.45) is 35.5 Å². The lowest BCUT2D eigenvalue weighted by atomic mass is 9.85. The van der Waals surface area contributed by atoms with Crippen LogP contribution in [0.15, 0.2) is 72.8 Å². The highest BCUT2D eigenvalue weighted by Gasteiger charge is 2.32. The van der Waals surface area contributed by atoms with Gasteiger partial charge in [0, 0.05) is 76.9 Å². The van der Waals surface area contributed by atoms with Crippen molar-refractivity contribution in [3.63, 3.8) is 0 Å². The van der Waals surface area contributed by atoms with Gasteiger partial charge in [0.1, 0.15) is 41.0 Å². The van der Waals surface area contributed by atoms with Crippen molar-refractivity contribution in [1.82, 2.24) is 60.8 Å². The Morgan fingerprint density at radius 1 is 0.450 bits per heavy atom. The third-order valence-corrected chi connectivity index (χ3v) is 22.7. The molecule has 0 saturated heterocycles. The lowest BCUT2D eigenvalue weighted by Crippen LogP contribution is -2.42. The standard InChI is InChI=1S/C33H50N4O5.C32H48N4O5.C27H40N4O6/c1-6-23(7-2)22-37-28(32-29(41-4)15-12-16-30(32)42-5)20-27(36-37)33(40)35-25(18-17-24-13-10-9-11-14-24)19-31(39)34-21-26(38)8-3;1-6-22(3)21-36-27(31-28(40-4)14-11-15-29(31)41-5)19-26(35-36)32(39)34-24(17-16-23-12-9-8-10-13-23)18-30(38)33-20-25(37)7-2;1-17(2)12-19(13-24(32)28-15-25(33)37-8)30(5)27(34)20-14-21(31(29-20)16-18(3)4)26-22(35-6)10-9-11-23(26)36-7/h12,15-16,20,23-25H,6-11,13-14,17-19,21-22H2,1-5H3,(H,34,39)(H,35,40);11,14-15,19,22-24H,6-10,12-13,16-18,20-21H2,1-5H3,(H,33,38)(H,34,39);9-11,14,17-19H,12-13,15-16H2,1-8H3,(H,28,32)/t25-;22?,24-;19-/m000/s1. The van der Waals surface area contributed by atoms with Crippen LogP contribution < -0.4 is 55.0 Å². The number of amides is 6. The van der Waals surface area contributed by atoms with Gasteiger partial charge in [-0.2, -0.15) is 15.3 Å². The fraction of sp³-hybridized carbons (Fsp3) is 0.609. The molecule has 5 N–H and O–H groups in total. The van der Waals surface area contributed by atoms with Gasteiger partial charge in [0.05, 0.1) is 96.6 Å². The molecule has 3 heterocycles. The molecule has 28 nitrogen and oxygen atoms in total. The summed E-state index contributed by atoms with van der Waals surface area (Å²) in [5.41, 5.74) is 5.20. The van der Waals surface area contributed by atoms with Crippen LogP contribution in [0.1, 0.15) is 248 Å². The van der Waals surface area contributed by atoms with Crippen molar-refractivity contribution < 1.29 is 76.3 Å². The average Bonchev–Trinajstić information content (AvgIpc) is 1.65. The Labute approximate surface area is 711 Å². The number of aromatic nitrogens is 6. The van der Waals surface area contributed by atoms with Crippen LogP contribution in [-0.2, 0) is 53.1 Å². The molecule has 0 spiro atoms. The Kier molecular flexibility index (Phi) is 42.2. The first-order chi connectivity index (χ1) is 57.6. The number of Topliss-reactive ketones (excluding diaryl/α,β-unsaturated/α-hetero) is 2. The zero-order valence-electron chi connectivity index (χ0n) is 74.8. The van der Waals surface area contributed by atoms with E-state index in [-0.39, 0.29) is 133 Å². The van der Waals surface area contributed by atoms with Gasteiger partial charge in [0.15, 0.2) is 28.6 Å². The van der Waals surface area contributed by atoms with Crippen molar-refractivity contribution in [3.05, 3.63) is 89.9 Å². The van der Waals surface area contributed by atoms with E-state index in [4.69, 9.17) is 38.6 Å². The second-order valence-electron chi connectivity index (χ2n) is 32.5. The molecule has 4 atom stereocenters. The molecule has 1 unspecified atom stereocenters. The third-order valence-electron chi connectivity index (χ3n) is 22.7. The number of ether oxygens (including phenoxy) is 7. The fourth-order valence-corrected chi connectivity index (χ4v) is 15.3. The molecule has 662 valence electrons. The van der Waals surface area contributed by atoms with Gasteiger partial charge in [0.25, 0.3) is 17.7 Å². The van der Waals surface area contributed by atoms with E-state index in [0.717, 1.165) is 54.6 Å². The molecule has 2 saturated carbocycles. The quantitative estimate of drug-likeness (QED) is 0.0222. The summed E-state index contributed by atoms with van der Waals surface area (Å²) in [7, 11) is 12.6. The number of hydrogen-bond acceptors (Lipinski definition) is 19. The predicted molar refractivity (Wildman–Crippen MR) is 466 cm³/mol. The average molecular weight is 1670 g/mol. The number of carbonyl (C=O) groups excluding carboxylic acids is 9. The van der Waals surface area contributed by atoms with Crippen molar-refractivity contribution in [2.75, 3.05) is 76.5 Å². The maximum atomic E-state index is 13.7. The summed E-state index contributed by atoms with van der Waals surface area (Å²) in [6, 6.07) is 20.9. The summed E-state index contributed by atoms with van der Waals surface area (Å²) in [6.45, 7) is 22.0. The minimum Gasteiger partial charge on any atom is -0.496 e. The smallest absolute Gasteiger partial charge is 0.325 e. The van der Waals surface area contributed by atoms with Gasteiger partial charge in [-0.25, -0.2) is 0 Å². The molecular weight excluding hydrogens is 1530 g/mol. The molecule has 3 aromatic heterocycles. The molecular formula is C92H138N12O16. The number of methoxy groups -OCH3 is 7. The van der Waals surface area contributed by atoms with Gasteiger partial charge in [0.2, 0.25) is 17.7 Å². The summed E-state index contributed by atoms with van der Waals surface area (Å²) >= 11 is 0. The van der Waals surface area contributed by atoms with Crippen LogP contribution in [-0.4, -0.2) is 182 Å². The number of esters is 1. The zero-order chi connectivity index (χ0) is 88.0. The number of hydrogen-bond donors (Lipinski definition) is 5. The lowest BCUT2D eigenvalue weighted by molar-refractivity contribution is -0.141. The second kappa shape index (κ2) is 51.4. The summed E-state index contributed by atoms with van der Waals surface area (Å²) in [5.74, 6) is 3.89. The zero-order valence-corrected chi connectivity index (χ0v) is 74.8. The van der Waals surface area contributed by atoms with E-state index >= 15 is 0 Å². The molecule has 0 radical (unpaired) electrons. The van der Waals surface area contributed by atoms with Crippen molar-refractivity contribution in [2.45, 2.75) is 255 Å². The Hall–Kier alpha value is -10.3. The minimum atomic E-state index is -0.534. The Morgan fingerprint density at radius 2 is 0.808 bits per heavy atom. The Bertz CT molecular complexity index is 4180. The minimum absolute atomic E-state index is 0.0166. The molecule has 2 fully saturated rings. The van der Waals surface area contributed by atoms with Gasteiger partial charge in [-0.3, -0.25) is 57.2 Å². The number of rotatable bonds is 46. The van der Waals surface area contributed by atoms with Gasteiger partial charge in [-0.1, -0.05) is 171 Å². The highest BCUT2D eigenvalue weighted by atomic mass is 16.5. The van der Waals surface area contributed by atoms with Crippen LogP contribution in [0.3, 0.4) is 0 Å². The first-order valence-electron chi connectivity index (χ1n) is 43.3. The maximum Gasteiger partial charge on any atom is 0.325 e. The van der Waals surface area contributed by atoms with Gasteiger partial charge in [-0.15, -0.1) is 0 Å². The topological polar surface area (TPSA) is 335 Å². The van der Waals surface area contributed by atoms with Gasteiger partial charge < -0.3 is 64.6 Å². The Morgan fingerprint density at radius 3 is 1.16 bits per heavy atom. The van der Waals surface area contributed by atoms with E-state index in [0.29, 0.717) is 121 Å². The maximum absolute atomic E-state index is 13.7. The van der Waals surface area contributed by atoms with Crippen LogP contribution in [0.4, 0.5) is 0 Å². The van der Waals surface area contributed by atoms with Crippen LogP contribution in [0.5, 0.6) is 34.5 Å². The number of benzene rings is 3. The number of ketones is 2. The highest BCUT2D eigenvalue weighted by molar-refractivity contribution is 5.97. The summed E-state index contributed by atoms with van der Waals surface area (Å²) < 4.78 is 44.0. The number of nitrogens with zero attached hydrogens (tertiary/aromatic N) is 7. The lowest BCUT2D eigenvalue weighted by Gasteiger charge is -2.28. The van der Waals surface area contributed by atoms with Gasteiger partial charge >= 0.3 is 5.97 Å².